The molecule has 0 fully saturated rings. The Labute approximate surface area is 200 Å². The second kappa shape index (κ2) is 10.0. The highest BCUT2D eigenvalue weighted by molar-refractivity contribution is 6.01. The number of aromatic amines is 1. The molecule has 4 heterocycles. The van der Waals surface area contributed by atoms with Gasteiger partial charge in [0.15, 0.2) is 11.9 Å². The number of rotatable bonds is 6. The second-order valence-electron chi connectivity index (χ2n) is 8.72. The lowest BCUT2D eigenvalue weighted by Gasteiger charge is -2.25. The van der Waals surface area contributed by atoms with Gasteiger partial charge in [0, 0.05) is 44.4 Å². The molecule has 0 aromatic carbocycles. The summed E-state index contributed by atoms with van der Waals surface area (Å²) in [5.74, 6) is 2.66. The zero-order valence-electron chi connectivity index (χ0n) is 20.6. The van der Waals surface area contributed by atoms with Crippen LogP contribution in [0.15, 0.2) is 44.6 Å². The summed E-state index contributed by atoms with van der Waals surface area (Å²) in [7, 11) is 2.00. The Balaban J connectivity index is 1.34. The molecule has 6 N–H and O–H groups in total. The highest BCUT2D eigenvalue weighted by Gasteiger charge is 2.19. The Bertz CT molecular complexity index is 1130. The average molecular weight is 466 g/mol. The van der Waals surface area contributed by atoms with Crippen molar-refractivity contribution in [3.63, 3.8) is 0 Å². The van der Waals surface area contributed by atoms with Crippen molar-refractivity contribution in [1.29, 1.82) is 0 Å². The molecule has 0 aliphatic carbocycles. The van der Waals surface area contributed by atoms with Crippen molar-refractivity contribution in [3.05, 3.63) is 47.0 Å². The maximum absolute atomic E-state index is 5.85. The molecule has 11 nitrogen and oxygen atoms in total. The number of hydrogen-bond acceptors (Lipinski definition) is 9. The van der Waals surface area contributed by atoms with Crippen LogP contribution in [0.1, 0.15) is 36.2 Å². The molecule has 2 unspecified atom stereocenters. The molecule has 182 valence electrons. The molecule has 0 amide bonds. The molecule has 2 aliphatic rings. The first-order chi connectivity index (χ1) is 16.3. The Morgan fingerprint density at radius 1 is 1.03 bits per heavy atom. The summed E-state index contributed by atoms with van der Waals surface area (Å²) in [5.41, 5.74) is 10.8. The van der Waals surface area contributed by atoms with Gasteiger partial charge in [-0.15, -0.1) is 0 Å². The lowest BCUT2D eigenvalue weighted by Crippen LogP contribution is -2.49. The van der Waals surface area contributed by atoms with Crippen molar-refractivity contribution in [2.75, 3.05) is 20.1 Å². The van der Waals surface area contributed by atoms with Gasteiger partial charge < -0.3 is 20.9 Å². The predicted molar refractivity (Wildman–Crippen MR) is 137 cm³/mol. The summed E-state index contributed by atoms with van der Waals surface area (Å²) < 4.78 is 2.08. The van der Waals surface area contributed by atoms with E-state index in [-0.39, 0.29) is 12.3 Å². The lowest BCUT2D eigenvalue weighted by atomic mass is 10.1. The van der Waals surface area contributed by atoms with Crippen molar-refractivity contribution in [2.45, 2.75) is 52.9 Å². The van der Waals surface area contributed by atoms with Crippen LogP contribution in [0.4, 0.5) is 0 Å². The number of guanidine groups is 3. The molecule has 2 aliphatic heterocycles. The highest BCUT2D eigenvalue weighted by atomic mass is 15.4. The van der Waals surface area contributed by atoms with Crippen LogP contribution in [0, 0.1) is 13.8 Å². The van der Waals surface area contributed by atoms with Gasteiger partial charge in [0.05, 0.1) is 0 Å². The normalized spacial score (nSPS) is 19.9. The van der Waals surface area contributed by atoms with Crippen LogP contribution < -0.4 is 21.7 Å². The summed E-state index contributed by atoms with van der Waals surface area (Å²) in [4.78, 5) is 23.2. The number of H-pyrrole nitrogens is 1. The molecule has 0 bridgehead atoms. The third kappa shape index (κ3) is 5.41. The van der Waals surface area contributed by atoms with Gasteiger partial charge in [-0.3, -0.25) is 15.2 Å². The van der Waals surface area contributed by atoms with Crippen LogP contribution in [0.25, 0.3) is 0 Å². The SMILES string of the molecule is Cc1c[nH]cc1CCNC1=NC(C)N=C(n2ccc(CCN(C)C3=NC(C)N=C(N)N3)c2C)N1. The maximum atomic E-state index is 5.85. The Hall–Kier alpha value is -3.76. The van der Waals surface area contributed by atoms with Gasteiger partial charge in [0.1, 0.15) is 12.3 Å². The van der Waals surface area contributed by atoms with Crippen LogP contribution in [0.2, 0.25) is 0 Å². The first kappa shape index (κ1) is 23.4. The van der Waals surface area contributed by atoms with E-state index in [2.05, 4.69) is 71.5 Å². The Morgan fingerprint density at radius 2 is 1.82 bits per heavy atom. The first-order valence-electron chi connectivity index (χ1n) is 11.7. The topological polar surface area (TPSA) is 136 Å². The van der Waals surface area contributed by atoms with Crippen LogP contribution >= 0.6 is 0 Å². The molecule has 0 radical (unpaired) electrons. The monoisotopic (exact) mass is 465 g/mol. The fraction of sp³-hybridized carbons (Fsp3) is 0.478. The number of likely N-dealkylation sites (N-methyl/N-ethyl adjacent to an activating group) is 1. The van der Waals surface area contributed by atoms with Crippen LogP contribution in [-0.2, 0) is 12.8 Å². The zero-order chi connectivity index (χ0) is 24.2. The Morgan fingerprint density at radius 3 is 2.56 bits per heavy atom. The molecule has 0 saturated carbocycles. The summed E-state index contributed by atoms with van der Waals surface area (Å²) in [6.45, 7) is 9.71. The van der Waals surface area contributed by atoms with E-state index in [0.717, 1.165) is 49.5 Å². The fourth-order valence-electron chi connectivity index (χ4n) is 4.05. The third-order valence-electron chi connectivity index (χ3n) is 6.04. The molecule has 2 aromatic heterocycles. The number of aromatic nitrogens is 2. The van der Waals surface area contributed by atoms with E-state index in [4.69, 9.17) is 10.7 Å². The number of hydrogen-bond donors (Lipinski definition) is 5. The summed E-state index contributed by atoms with van der Waals surface area (Å²) in [5, 5.41) is 9.80. The van der Waals surface area contributed by atoms with Crippen molar-refractivity contribution in [3.8, 4) is 0 Å². The zero-order valence-corrected chi connectivity index (χ0v) is 20.6. The number of nitrogens with one attached hydrogen (secondary N) is 4. The van der Waals surface area contributed by atoms with Gasteiger partial charge in [-0.25, -0.2) is 20.0 Å². The molecule has 2 atom stereocenters. The minimum absolute atomic E-state index is 0.159. The van der Waals surface area contributed by atoms with E-state index in [1.54, 1.807) is 0 Å². The smallest absolute Gasteiger partial charge is 0.211 e. The average Bonchev–Trinajstić information content (AvgIpc) is 3.36. The van der Waals surface area contributed by atoms with E-state index in [9.17, 15) is 0 Å². The molecule has 34 heavy (non-hydrogen) atoms. The van der Waals surface area contributed by atoms with Crippen LogP contribution in [-0.4, -0.2) is 70.8 Å². The van der Waals surface area contributed by atoms with Gasteiger partial charge in [0.2, 0.25) is 11.9 Å². The van der Waals surface area contributed by atoms with Crippen LogP contribution in [0.3, 0.4) is 0 Å². The van der Waals surface area contributed by atoms with Gasteiger partial charge in [-0.1, -0.05) is 0 Å². The number of aliphatic imine (C=N–C) groups is 4. The lowest BCUT2D eigenvalue weighted by molar-refractivity contribution is 0.486. The molecule has 0 spiro atoms. The van der Waals surface area contributed by atoms with Gasteiger partial charge in [-0.2, -0.15) is 0 Å². The predicted octanol–water partition coefficient (Wildman–Crippen LogP) is 0.869. The third-order valence-corrected chi connectivity index (χ3v) is 6.04. The number of nitrogens with two attached hydrogens (primary N) is 1. The molecule has 11 heteroatoms. The minimum atomic E-state index is -0.171. The van der Waals surface area contributed by atoms with Crippen molar-refractivity contribution < 1.29 is 0 Å². The Kier molecular flexibility index (Phi) is 6.90. The first-order valence-corrected chi connectivity index (χ1v) is 11.7. The fourth-order valence-corrected chi connectivity index (χ4v) is 4.05. The molecular weight excluding hydrogens is 430 g/mol. The molecule has 2 aromatic rings. The molecule has 4 rings (SSSR count). The van der Waals surface area contributed by atoms with Gasteiger partial charge in [-0.05, 0) is 63.3 Å². The summed E-state index contributed by atoms with van der Waals surface area (Å²) in [6, 6.07) is 2.14. The van der Waals surface area contributed by atoms with E-state index in [1.165, 1.54) is 16.7 Å². The van der Waals surface area contributed by atoms with E-state index >= 15 is 0 Å². The number of nitrogens with zero attached hydrogens (tertiary/aromatic N) is 6. The summed E-state index contributed by atoms with van der Waals surface area (Å²) in [6.07, 6.45) is 7.58. The van der Waals surface area contributed by atoms with Crippen molar-refractivity contribution in [2.24, 2.45) is 25.7 Å². The largest absolute Gasteiger partial charge is 0.370 e. The van der Waals surface area contributed by atoms with E-state index in [1.807, 2.05) is 33.3 Å². The second-order valence-corrected chi connectivity index (χ2v) is 8.72. The van der Waals surface area contributed by atoms with Crippen molar-refractivity contribution >= 4 is 23.8 Å². The minimum Gasteiger partial charge on any atom is -0.370 e. The maximum Gasteiger partial charge on any atom is 0.211 e. The highest BCUT2D eigenvalue weighted by Crippen LogP contribution is 2.13. The van der Waals surface area contributed by atoms with Gasteiger partial charge >= 0.3 is 0 Å². The van der Waals surface area contributed by atoms with E-state index in [0.29, 0.717) is 5.96 Å². The van der Waals surface area contributed by atoms with E-state index < -0.39 is 0 Å². The molecule has 0 saturated heterocycles. The summed E-state index contributed by atoms with van der Waals surface area (Å²) >= 11 is 0. The standard InChI is InChI=1S/C23H35N11/c1-14-12-25-13-19(14)6-9-26-21-28-17(4)30-23(32-21)34-11-8-18(15(34)2)7-10-33(5)22-29-16(3)27-20(24)31-22/h8,11-13,16-17,25H,6-7,9-10H2,1-5H3,(H3,24,27,29,31)(H2,26,28,30,32). The van der Waals surface area contributed by atoms with Crippen molar-refractivity contribution in [1.82, 2.24) is 30.4 Å². The van der Waals surface area contributed by atoms with Crippen LogP contribution in [0.5, 0.6) is 0 Å². The number of aryl methyl sites for hydroxylation is 1. The quantitative estimate of drug-likeness (QED) is 0.431. The molecular formula is C23H35N11. The van der Waals surface area contributed by atoms with Gasteiger partial charge in [0.25, 0.3) is 0 Å².